The van der Waals surface area contributed by atoms with Crippen molar-refractivity contribution in [3.8, 4) is 0 Å². The summed E-state index contributed by atoms with van der Waals surface area (Å²) in [5.74, 6) is 0.0427. The summed E-state index contributed by atoms with van der Waals surface area (Å²) >= 11 is 0. The quantitative estimate of drug-likeness (QED) is 0.806. The minimum absolute atomic E-state index is 0.189. The molecule has 1 aromatic heterocycles. The van der Waals surface area contributed by atoms with E-state index in [2.05, 4.69) is 15.6 Å². The van der Waals surface area contributed by atoms with Crippen molar-refractivity contribution < 1.29 is 9.18 Å². The predicted molar refractivity (Wildman–Crippen MR) is 64.5 cm³/mol. The monoisotopic (exact) mass is 243 g/mol. The van der Waals surface area contributed by atoms with Gasteiger partial charge in [0.15, 0.2) is 0 Å². The molecule has 1 amide bonds. The number of carbonyl (C=O) groups is 1. The van der Waals surface area contributed by atoms with Gasteiger partial charge >= 0.3 is 0 Å². The topological polar surface area (TPSA) is 54.0 Å². The number of hydrogen-bond acceptors (Lipinski definition) is 3. The second kappa shape index (κ2) is 4.10. The molecule has 1 unspecified atom stereocenters. The van der Waals surface area contributed by atoms with Gasteiger partial charge in [0.25, 0.3) is 5.91 Å². The van der Waals surface area contributed by atoms with E-state index < -0.39 is 0 Å². The van der Waals surface area contributed by atoms with Gasteiger partial charge in [0, 0.05) is 6.20 Å². The van der Waals surface area contributed by atoms with E-state index in [0.717, 1.165) is 5.56 Å². The summed E-state index contributed by atoms with van der Waals surface area (Å²) in [6.45, 7) is 0. The van der Waals surface area contributed by atoms with Gasteiger partial charge in [0.05, 0.1) is 5.56 Å². The number of nitrogens with zero attached hydrogens (tertiary/aromatic N) is 1. The lowest BCUT2D eigenvalue weighted by molar-refractivity contribution is 0.0935. The summed E-state index contributed by atoms with van der Waals surface area (Å²) in [7, 11) is 0. The first-order valence-electron chi connectivity index (χ1n) is 5.52. The number of rotatable bonds is 1. The first-order chi connectivity index (χ1) is 8.74. The molecule has 2 N–H and O–H groups in total. The molecule has 0 bridgehead atoms. The van der Waals surface area contributed by atoms with Crippen LogP contribution >= 0.6 is 0 Å². The van der Waals surface area contributed by atoms with Gasteiger partial charge in [0.2, 0.25) is 0 Å². The average molecular weight is 243 g/mol. The first kappa shape index (κ1) is 10.7. The number of hydrogen-bond donors (Lipinski definition) is 2. The zero-order valence-electron chi connectivity index (χ0n) is 9.35. The SMILES string of the molecule is O=C1NC(c2ccc(F)cc2)Nc2ncccc21. The maximum Gasteiger partial charge on any atom is 0.256 e. The number of pyridine rings is 1. The average Bonchev–Trinajstić information content (AvgIpc) is 2.39. The molecule has 0 radical (unpaired) electrons. The molecule has 3 rings (SSSR count). The highest BCUT2D eigenvalue weighted by Crippen LogP contribution is 2.24. The van der Waals surface area contributed by atoms with Crippen LogP contribution in [0.5, 0.6) is 0 Å². The highest BCUT2D eigenvalue weighted by molar-refractivity contribution is 6.00. The van der Waals surface area contributed by atoms with Gasteiger partial charge in [0.1, 0.15) is 17.8 Å². The van der Waals surface area contributed by atoms with Crippen molar-refractivity contribution >= 4 is 11.7 Å². The van der Waals surface area contributed by atoms with Crippen LogP contribution in [0.3, 0.4) is 0 Å². The largest absolute Gasteiger partial charge is 0.346 e. The Morgan fingerprint density at radius 1 is 1.11 bits per heavy atom. The second-order valence-corrected chi connectivity index (χ2v) is 4.00. The molecule has 2 heterocycles. The number of fused-ring (bicyclic) bond motifs is 1. The molecule has 1 aliphatic rings. The number of aromatic nitrogens is 1. The molecule has 0 fully saturated rings. The summed E-state index contributed by atoms with van der Waals surface area (Å²) < 4.78 is 12.8. The fraction of sp³-hybridized carbons (Fsp3) is 0.0769. The van der Waals surface area contributed by atoms with E-state index >= 15 is 0 Å². The van der Waals surface area contributed by atoms with E-state index in [1.807, 2.05) is 0 Å². The molecule has 0 aliphatic carbocycles. The number of anilines is 1. The Kier molecular flexibility index (Phi) is 2.44. The molecule has 5 heteroatoms. The van der Waals surface area contributed by atoms with Gasteiger partial charge in [-0.1, -0.05) is 12.1 Å². The fourth-order valence-electron chi connectivity index (χ4n) is 1.91. The van der Waals surface area contributed by atoms with Crippen LogP contribution in [0.25, 0.3) is 0 Å². The standard InChI is InChI=1S/C13H10FN3O/c14-9-5-3-8(4-6-9)11-16-12-10(13(18)17-11)2-1-7-15-12/h1-7,11H,(H,15,16)(H,17,18). The van der Waals surface area contributed by atoms with Gasteiger partial charge in [-0.25, -0.2) is 9.37 Å². The van der Waals surface area contributed by atoms with E-state index in [4.69, 9.17) is 0 Å². The molecule has 90 valence electrons. The maximum absolute atomic E-state index is 12.8. The Morgan fingerprint density at radius 2 is 1.89 bits per heavy atom. The van der Waals surface area contributed by atoms with Gasteiger partial charge in [-0.3, -0.25) is 4.79 Å². The number of benzene rings is 1. The molecule has 18 heavy (non-hydrogen) atoms. The molecule has 1 aliphatic heterocycles. The Labute approximate surface area is 103 Å². The van der Waals surface area contributed by atoms with Crippen LogP contribution in [-0.4, -0.2) is 10.9 Å². The number of nitrogens with one attached hydrogen (secondary N) is 2. The van der Waals surface area contributed by atoms with E-state index in [-0.39, 0.29) is 17.9 Å². The van der Waals surface area contributed by atoms with Crippen LogP contribution in [-0.2, 0) is 0 Å². The minimum atomic E-state index is -0.388. The Morgan fingerprint density at radius 3 is 2.67 bits per heavy atom. The van der Waals surface area contributed by atoms with E-state index in [0.29, 0.717) is 11.4 Å². The van der Waals surface area contributed by atoms with Gasteiger partial charge in [-0.2, -0.15) is 0 Å². The Hall–Kier alpha value is -2.43. The van der Waals surface area contributed by atoms with E-state index in [9.17, 15) is 9.18 Å². The van der Waals surface area contributed by atoms with Crippen LogP contribution in [0.4, 0.5) is 10.2 Å². The number of carbonyl (C=O) groups excluding carboxylic acids is 1. The normalized spacial score (nSPS) is 17.6. The summed E-state index contributed by atoms with van der Waals surface area (Å²) in [5, 5.41) is 5.89. The van der Waals surface area contributed by atoms with Crippen molar-refractivity contribution in [3.63, 3.8) is 0 Å². The highest BCUT2D eigenvalue weighted by Gasteiger charge is 2.24. The van der Waals surface area contributed by atoms with Crippen LogP contribution in [0.1, 0.15) is 22.1 Å². The molecule has 0 spiro atoms. The van der Waals surface area contributed by atoms with Crippen molar-refractivity contribution in [1.82, 2.24) is 10.3 Å². The lowest BCUT2D eigenvalue weighted by Crippen LogP contribution is -2.38. The van der Waals surface area contributed by atoms with Gasteiger partial charge < -0.3 is 10.6 Å². The third-order valence-corrected chi connectivity index (χ3v) is 2.81. The molecule has 4 nitrogen and oxygen atoms in total. The van der Waals surface area contributed by atoms with Crippen molar-refractivity contribution in [2.75, 3.05) is 5.32 Å². The second-order valence-electron chi connectivity index (χ2n) is 4.00. The fourth-order valence-corrected chi connectivity index (χ4v) is 1.91. The summed E-state index contributed by atoms with van der Waals surface area (Å²) in [6.07, 6.45) is 1.23. The number of amides is 1. The van der Waals surface area contributed by atoms with Crippen LogP contribution in [0, 0.1) is 5.82 Å². The van der Waals surface area contributed by atoms with Crippen molar-refractivity contribution in [2.45, 2.75) is 6.17 Å². The van der Waals surface area contributed by atoms with Crippen LogP contribution in [0.2, 0.25) is 0 Å². The molecular weight excluding hydrogens is 233 g/mol. The van der Waals surface area contributed by atoms with E-state index in [1.165, 1.54) is 12.1 Å². The predicted octanol–water partition coefficient (Wildman–Crippen LogP) is 2.07. The zero-order chi connectivity index (χ0) is 12.5. The van der Waals surface area contributed by atoms with Crippen LogP contribution in [0.15, 0.2) is 42.6 Å². The smallest absolute Gasteiger partial charge is 0.256 e. The molecular formula is C13H10FN3O. The molecule has 1 atom stereocenters. The Bertz CT molecular complexity index is 597. The lowest BCUT2D eigenvalue weighted by atomic mass is 10.1. The molecule has 0 saturated carbocycles. The summed E-state index contributed by atoms with van der Waals surface area (Å²) in [5.41, 5.74) is 1.29. The van der Waals surface area contributed by atoms with Gasteiger partial charge in [-0.15, -0.1) is 0 Å². The lowest BCUT2D eigenvalue weighted by Gasteiger charge is -2.27. The molecule has 1 aromatic carbocycles. The first-order valence-corrected chi connectivity index (χ1v) is 5.52. The summed E-state index contributed by atoms with van der Waals surface area (Å²) in [6, 6.07) is 9.38. The minimum Gasteiger partial charge on any atom is -0.346 e. The third kappa shape index (κ3) is 1.79. The van der Waals surface area contributed by atoms with Crippen LogP contribution < -0.4 is 10.6 Å². The van der Waals surface area contributed by atoms with Crippen molar-refractivity contribution in [2.24, 2.45) is 0 Å². The van der Waals surface area contributed by atoms with Crippen molar-refractivity contribution in [1.29, 1.82) is 0 Å². The highest BCUT2D eigenvalue weighted by atomic mass is 19.1. The molecule has 0 saturated heterocycles. The Balaban J connectivity index is 1.94. The van der Waals surface area contributed by atoms with Crippen molar-refractivity contribution in [3.05, 3.63) is 59.5 Å². The number of halogens is 1. The zero-order valence-corrected chi connectivity index (χ0v) is 9.35. The van der Waals surface area contributed by atoms with Gasteiger partial charge in [-0.05, 0) is 29.8 Å². The third-order valence-electron chi connectivity index (χ3n) is 2.81. The summed E-state index contributed by atoms with van der Waals surface area (Å²) in [4.78, 5) is 16.0. The maximum atomic E-state index is 12.8. The molecule has 2 aromatic rings. The van der Waals surface area contributed by atoms with E-state index in [1.54, 1.807) is 30.5 Å².